The van der Waals surface area contributed by atoms with E-state index in [0.717, 1.165) is 22.5 Å². The Bertz CT molecular complexity index is 985. The van der Waals surface area contributed by atoms with Gasteiger partial charge in [0.1, 0.15) is 11.6 Å². The van der Waals surface area contributed by atoms with E-state index in [0.29, 0.717) is 11.4 Å². The molecule has 0 saturated carbocycles. The molecule has 4 aromatic carbocycles. The van der Waals surface area contributed by atoms with Gasteiger partial charge in [0.2, 0.25) is 0 Å². The largest absolute Gasteiger partial charge is 0.355 e. The van der Waals surface area contributed by atoms with Crippen molar-refractivity contribution >= 4 is 22.7 Å². The van der Waals surface area contributed by atoms with E-state index in [1.165, 1.54) is 24.3 Å². The smallest absolute Gasteiger partial charge is 0.125 e. The summed E-state index contributed by atoms with van der Waals surface area (Å²) in [5.41, 5.74) is 5.34. The molecule has 4 aromatic rings. The summed E-state index contributed by atoms with van der Waals surface area (Å²) in [6.07, 6.45) is 0. The fraction of sp³-hybridized carbons (Fsp3) is 0. The lowest BCUT2D eigenvalue weighted by atomic mass is 10.0. The fourth-order valence-corrected chi connectivity index (χ4v) is 2.96. The first-order valence-electron chi connectivity index (χ1n) is 8.91. The Kier molecular flexibility index (Phi) is 5.02. The van der Waals surface area contributed by atoms with Gasteiger partial charge >= 0.3 is 0 Å². The molecule has 0 heterocycles. The first kappa shape index (κ1) is 17.7. The first-order valence-corrected chi connectivity index (χ1v) is 8.91. The topological polar surface area (TPSA) is 24.1 Å². The van der Waals surface area contributed by atoms with Gasteiger partial charge in [-0.3, -0.25) is 0 Å². The van der Waals surface area contributed by atoms with Gasteiger partial charge in [-0.2, -0.15) is 0 Å². The van der Waals surface area contributed by atoms with Crippen molar-refractivity contribution in [3.8, 4) is 11.1 Å². The summed E-state index contributed by atoms with van der Waals surface area (Å²) >= 11 is 0. The molecular formula is C24H18F2N2. The molecule has 0 radical (unpaired) electrons. The van der Waals surface area contributed by atoms with Crippen LogP contribution < -0.4 is 10.6 Å². The van der Waals surface area contributed by atoms with Crippen LogP contribution in [0.5, 0.6) is 0 Å². The molecule has 0 aromatic heterocycles. The van der Waals surface area contributed by atoms with E-state index in [4.69, 9.17) is 0 Å². The van der Waals surface area contributed by atoms with Crippen LogP contribution in [0.15, 0.2) is 97.1 Å². The lowest BCUT2D eigenvalue weighted by molar-refractivity contribution is 0.628. The van der Waals surface area contributed by atoms with Crippen LogP contribution in [0.2, 0.25) is 0 Å². The van der Waals surface area contributed by atoms with Crippen LogP contribution in [0, 0.1) is 11.6 Å². The van der Waals surface area contributed by atoms with E-state index >= 15 is 0 Å². The van der Waals surface area contributed by atoms with Gasteiger partial charge in [0.05, 0.1) is 0 Å². The number of halogens is 2. The summed E-state index contributed by atoms with van der Waals surface area (Å²) in [5, 5.41) is 6.37. The summed E-state index contributed by atoms with van der Waals surface area (Å²) in [6.45, 7) is 0. The standard InChI is InChI=1S/C24H18F2N2/c25-19-3-1-5-23(15-19)27-21-11-7-17(8-12-21)18-9-13-22(14-10-18)28-24-6-2-4-20(26)16-24/h1-16,27-28H. The molecule has 0 amide bonds. The number of hydrogen-bond acceptors (Lipinski definition) is 2. The van der Waals surface area contributed by atoms with Gasteiger partial charge in [-0.1, -0.05) is 36.4 Å². The van der Waals surface area contributed by atoms with Crippen molar-refractivity contribution < 1.29 is 8.78 Å². The van der Waals surface area contributed by atoms with Crippen LogP contribution in [-0.2, 0) is 0 Å². The van der Waals surface area contributed by atoms with Crippen LogP contribution in [-0.4, -0.2) is 0 Å². The van der Waals surface area contributed by atoms with Crippen molar-refractivity contribution in [2.24, 2.45) is 0 Å². The molecule has 0 aliphatic heterocycles. The predicted octanol–water partition coefficient (Wildman–Crippen LogP) is 7.12. The SMILES string of the molecule is Fc1cccc(Nc2ccc(-c3ccc(Nc4cccc(F)c4)cc3)cc2)c1. The molecule has 0 aliphatic carbocycles. The van der Waals surface area contributed by atoms with Gasteiger partial charge in [0.15, 0.2) is 0 Å². The Hall–Kier alpha value is -3.66. The van der Waals surface area contributed by atoms with Gasteiger partial charge in [0.25, 0.3) is 0 Å². The highest BCUT2D eigenvalue weighted by Gasteiger charge is 2.01. The average Bonchev–Trinajstić information content (AvgIpc) is 2.69. The predicted molar refractivity (Wildman–Crippen MR) is 111 cm³/mol. The second kappa shape index (κ2) is 7.92. The van der Waals surface area contributed by atoms with Crippen molar-refractivity contribution in [3.05, 3.63) is 109 Å². The Balaban J connectivity index is 1.45. The summed E-state index contributed by atoms with van der Waals surface area (Å²) in [5.74, 6) is -0.540. The number of nitrogens with one attached hydrogen (secondary N) is 2. The third kappa shape index (κ3) is 4.35. The Labute approximate surface area is 162 Å². The number of hydrogen-bond donors (Lipinski definition) is 2. The molecular weight excluding hydrogens is 354 g/mol. The Morgan fingerprint density at radius 3 is 1.18 bits per heavy atom. The number of benzene rings is 4. The van der Waals surface area contributed by atoms with Crippen molar-refractivity contribution in [1.82, 2.24) is 0 Å². The van der Waals surface area contributed by atoms with Crippen LogP contribution in [0.25, 0.3) is 11.1 Å². The van der Waals surface area contributed by atoms with Crippen LogP contribution in [0.3, 0.4) is 0 Å². The molecule has 0 saturated heterocycles. The second-order valence-corrected chi connectivity index (χ2v) is 6.43. The summed E-state index contributed by atoms with van der Waals surface area (Å²) in [7, 11) is 0. The molecule has 0 bridgehead atoms. The molecule has 138 valence electrons. The van der Waals surface area contributed by atoms with Crippen molar-refractivity contribution in [2.45, 2.75) is 0 Å². The highest BCUT2D eigenvalue weighted by molar-refractivity contribution is 5.71. The Morgan fingerprint density at radius 2 is 0.821 bits per heavy atom. The van der Waals surface area contributed by atoms with E-state index in [1.807, 2.05) is 60.7 Å². The van der Waals surface area contributed by atoms with E-state index in [2.05, 4.69) is 10.6 Å². The lowest BCUT2D eigenvalue weighted by Gasteiger charge is -2.10. The maximum atomic E-state index is 13.3. The zero-order valence-electron chi connectivity index (χ0n) is 15.0. The quantitative estimate of drug-likeness (QED) is 0.390. The van der Waals surface area contributed by atoms with Crippen LogP contribution >= 0.6 is 0 Å². The molecule has 28 heavy (non-hydrogen) atoms. The third-order valence-electron chi connectivity index (χ3n) is 4.33. The minimum Gasteiger partial charge on any atom is -0.355 e. The van der Waals surface area contributed by atoms with E-state index in [9.17, 15) is 8.78 Å². The molecule has 0 atom stereocenters. The third-order valence-corrected chi connectivity index (χ3v) is 4.33. The van der Waals surface area contributed by atoms with E-state index in [1.54, 1.807) is 12.1 Å². The zero-order valence-corrected chi connectivity index (χ0v) is 15.0. The Morgan fingerprint density at radius 1 is 0.429 bits per heavy atom. The maximum Gasteiger partial charge on any atom is 0.125 e. The molecule has 2 N–H and O–H groups in total. The van der Waals surface area contributed by atoms with E-state index < -0.39 is 0 Å². The minimum atomic E-state index is -0.270. The van der Waals surface area contributed by atoms with Gasteiger partial charge < -0.3 is 10.6 Å². The maximum absolute atomic E-state index is 13.3. The van der Waals surface area contributed by atoms with Gasteiger partial charge in [-0.05, 0) is 71.8 Å². The summed E-state index contributed by atoms with van der Waals surface area (Å²) < 4.78 is 26.6. The minimum absolute atomic E-state index is 0.270. The highest BCUT2D eigenvalue weighted by atomic mass is 19.1. The van der Waals surface area contributed by atoms with Gasteiger partial charge in [-0.25, -0.2) is 8.78 Å². The van der Waals surface area contributed by atoms with Crippen molar-refractivity contribution in [3.63, 3.8) is 0 Å². The summed E-state index contributed by atoms with van der Waals surface area (Å²) in [4.78, 5) is 0. The lowest BCUT2D eigenvalue weighted by Crippen LogP contribution is -1.91. The fourth-order valence-electron chi connectivity index (χ4n) is 2.96. The average molecular weight is 372 g/mol. The molecule has 4 heteroatoms. The van der Waals surface area contributed by atoms with Gasteiger partial charge in [0, 0.05) is 22.7 Å². The molecule has 2 nitrogen and oxygen atoms in total. The van der Waals surface area contributed by atoms with Crippen molar-refractivity contribution in [1.29, 1.82) is 0 Å². The van der Waals surface area contributed by atoms with Crippen LogP contribution in [0.4, 0.5) is 31.5 Å². The molecule has 0 aliphatic rings. The van der Waals surface area contributed by atoms with Crippen molar-refractivity contribution in [2.75, 3.05) is 10.6 Å². The molecule has 0 unspecified atom stereocenters. The molecule has 4 rings (SSSR count). The summed E-state index contributed by atoms with van der Waals surface area (Å²) in [6, 6.07) is 28.6. The van der Waals surface area contributed by atoms with E-state index in [-0.39, 0.29) is 11.6 Å². The first-order chi connectivity index (χ1) is 13.7. The van der Waals surface area contributed by atoms with Gasteiger partial charge in [-0.15, -0.1) is 0 Å². The zero-order chi connectivity index (χ0) is 19.3. The normalized spacial score (nSPS) is 10.5. The number of anilines is 4. The highest BCUT2D eigenvalue weighted by Crippen LogP contribution is 2.26. The number of rotatable bonds is 5. The second-order valence-electron chi connectivity index (χ2n) is 6.43. The van der Waals surface area contributed by atoms with Crippen LogP contribution in [0.1, 0.15) is 0 Å². The monoisotopic (exact) mass is 372 g/mol. The molecule has 0 spiro atoms. The molecule has 0 fully saturated rings.